The number of para-hydroxylation sites is 1. The topological polar surface area (TPSA) is 78.6 Å². The van der Waals surface area contributed by atoms with Gasteiger partial charge in [-0.2, -0.15) is 0 Å². The minimum absolute atomic E-state index is 0.0241. The second-order valence-electron chi connectivity index (χ2n) is 4.26. The molecule has 7 heteroatoms. The predicted molar refractivity (Wildman–Crippen MR) is 72.5 cm³/mol. The third kappa shape index (κ3) is 5.60. The van der Waals surface area contributed by atoms with E-state index in [0.29, 0.717) is 5.69 Å². The summed E-state index contributed by atoms with van der Waals surface area (Å²) in [5.41, 5.74) is 6.88. The van der Waals surface area contributed by atoms with E-state index >= 15 is 0 Å². The van der Waals surface area contributed by atoms with Crippen molar-refractivity contribution in [1.82, 2.24) is 4.90 Å². The molecule has 0 bridgehead atoms. The number of anilines is 1. The Bertz CT molecular complexity index is 430. The zero-order chi connectivity index (χ0) is 15.0. The van der Waals surface area contributed by atoms with Crippen molar-refractivity contribution in [3.05, 3.63) is 29.8 Å². The first-order valence-corrected chi connectivity index (χ1v) is 6.26. The van der Waals surface area contributed by atoms with Gasteiger partial charge in [-0.25, -0.2) is 8.78 Å². The Morgan fingerprint density at radius 3 is 2.70 bits per heavy atom. The quantitative estimate of drug-likeness (QED) is 0.656. The van der Waals surface area contributed by atoms with Crippen LogP contribution in [0.1, 0.15) is 5.56 Å². The van der Waals surface area contributed by atoms with E-state index in [1.807, 2.05) is 0 Å². The van der Waals surface area contributed by atoms with Gasteiger partial charge in [0.1, 0.15) is 0 Å². The van der Waals surface area contributed by atoms with Crippen LogP contribution >= 0.6 is 0 Å². The van der Waals surface area contributed by atoms with Crippen molar-refractivity contribution in [3.8, 4) is 0 Å². The van der Waals surface area contributed by atoms with Gasteiger partial charge in [-0.3, -0.25) is 9.69 Å². The lowest BCUT2D eigenvalue weighted by molar-refractivity contribution is -0.117. The number of alkyl halides is 2. The van der Waals surface area contributed by atoms with Crippen LogP contribution < -0.4 is 11.1 Å². The van der Waals surface area contributed by atoms with Crippen LogP contribution in [0.5, 0.6) is 0 Å². The highest BCUT2D eigenvalue weighted by atomic mass is 19.3. The summed E-state index contributed by atoms with van der Waals surface area (Å²) in [6.45, 7) is -0.736. The summed E-state index contributed by atoms with van der Waals surface area (Å²) in [7, 11) is 0. The molecule has 112 valence electrons. The average molecular weight is 287 g/mol. The van der Waals surface area contributed by atoms with E-state index in [2.05, 4.69) is 5.32 Å². The van der Waals surface area contributed by atoms with E-state index in [1.54, 1.807) is 24.3 Å². The number of halogens is 2. The summed E-state index contributed by atoms with van der Waals surface area (Å²) in [5, 5.41) is 11.4. The van der Waals surface area contributed by atoms with E-state index < -0.39 is 18.9 Å². The second kappa shape index (κ2) is 8.57. The maximum atomic E-state index is 12.3. The van der Waals surface area contributed by atoms with E-state index in [1.165, 1.54) is 4.90 Å². The first-order valence-electron chi connectivity index (χ1n) is 6.26. The van der Waals surface area contributed by atoms with Crippen LogP contribution in [0, 0.1) is 0 Å². The van der Waals surface area contributed by atoms with E-state index in [9.17, 15) is 13.6 Å². The number of hydrogen-bond acceptors (Lipinski definition) is 4. The first-order chi connectivity index (χ1) is 9.56. The number of rotatable bonds is 8. The molecule has 20 heavy (non-hydrogen) atoms. The van der Waals surface area contributed by atoms with Gasteiger partial charge in [0.15, 0.2) is 0 Å². The highest BCUT2D eigenvalue weighted by molar-refractivity contribution is 5.93. The van der Waals surface area contributed by atoms with E-state index in [-0.39, 0.29) is 26.2 Å². The molecule has 1 amide bonds. The molecule has 0 aliphatic carbocycles. The first kappa shape index (κ1) is 16.5. The van der Waals surface area contributed by atoms with Gasteiger partial charge in [-0.1, -0.05) is 18.2 Å². The predicted octanol–water partition coefficient (Wildman–Crippen LogP) is 0.643. The number of aliphatic hydroxyl groups excluding tert-OH is 1. The normalized spacial score (nSPS) is 11.1. The molecule has 4 N–H and O–H groups in total. The SMILES string of the molecule is NCc1ccccc1NC(=O)CN(CCO)CC(F)F. The maximum absolute atomic E-state index is 12.3. The molecule has 0 radical (unpaired) electrons. The summed E-state index contributed by atoms with van der Waals surface area (Å²) in [5.74, 6) is -0.417. The molecule has 0 aliphatic rings. The van der Waals surface area contributed by atoms with Crippen molar-refractivity contribution in [3.63, 3.8) is 0 Å². The van der Waals surface area contributed by atoms with Crippen molar-refractivity contribution in [2.24, 2.45) is 5.73 Å². The van der Waals surface area contributed by atoms with Crippen LogP contribution in [-0.4, -0.2) is 48.6 Å². The molecule has 1 aromatic rings. The zero-order valence-corrected chi connectivity index (χ0v) is 11.1. The zero-order valence-electron chi connectivity index (χ0n) is 11.1. The monoisotopic (exact) mass is 287 g/mol. The van der Waals surface area contributed by atoms with Gasteiger partial charge < -0.3 is 16.2 Å². The molecule has 1 rings (SSSR count). The van der Waals surface area contributed by atoms with Crippen LogP contribution in [0.15, 0.2) is 24.3 Å². The van der Waals surface area contributed by atoms with Gasteiger partial charge in [0, 0.05) is 18.8 Å². The third-order valence-electron chi connectivity index (χ3n) is 2.69. The molecule has 0 fully saturated rings. The van der Waals surface area contributed by atoms with E-state index in [4.69, 9.17) is 10.8 Å². The van der Waals surface area contributed by atoms with Crippen molar-refractivity contribution in [2.75, 3.05) is 31.6 Å². The fourth-order valence-electron chi connectivity index (χ4n) is 1.78. The number of nitrogens with zero attached hydrogens (tertiary/aromatic N) is 1. The molecule has 0 heterocycles. The highest BCUT2D eigenvalue weighted by Gasteiger charge is 2.15. The second-order valence-corrected chi connectivity index (χ2v) is 4.26. The lowest BCUT2D eigenvalue weighted by Crippen LogP contribution is -2.38. The number of nitrogens with one attached hydrogen (secondary N) is 1. The van der Waals surface area contributed by atoms with Gasteiger partial charge in [-0.15, -0.1) is 0 Å². The molecule has 0 aromatic heterocycles. The maximum Gasteiger partial charge on any atom is 0.251 e. The molecule has 1 aromatic carbocycles. The van der Waals surface area contributed by atoms with Crippen molar-refractivity contribution in [2.45, 2.75) is 13.0 Å². The Kier molecular flexibility index (Phi) is 7.06. The van der Waals surface area contributed by atoms with Gasteiger partial charge in [0.25, 0.3) is 6.43 Å². The Labute approximate surface area is 116 Å². The van der Waals surface area contributed by atoms with E-state index in [0.717, 1.165) is 5.56 Å². The number of carbonyl (C=O) groups excluding carboxylic acids is 1. The molecule has 0 saturated heterocycles. The minimum atomic E-state index is -2.55. The average Bonchev–Trinajstić information content (AvgIpc) is 2.38. The number of benzene rings is 1. The fraction of sp³-hybridized carbons (Fsp3) is 0.462. The standard InChI is InChI=1S/C13H19F2N3O2/c14-12(15)8-18(5-6-19)9-13(20)17-11-4-2-1-3-10(11)7-16/h1-4,12,19H,5-9,16H2,(H,17,20). The Balaban J connectivity index is 2.60. The van der Waals surface area contributed by atoms with Gasteiger partial charge in [0.05, 0.1) is 19.7 Å². The fourth-order valence-corrected chi connectivity index (χ4v) is 1.78. The van der Waals surface area contributed by atoms with Crippen molar-refractivity contribution >= 4 is 11.6 Å². The van der Waals surface area contributed by atoms with Gasteiger partial charge in [-0.05, 0) is 11.6 Å². The minimum Gasteiger partial charge on any atom is -0.395 e. The summed E-state index contributed by atoms with van der Waals surface area (Å²) < 4.78 is 24.7. The Morgan fingerprint density at radius 1 is 1.40 bits per heavy atom. The molecule has 5 nitrogen and oxygen atoms in total. The van der Waals surface area contributed by atoms with Gasteiger partial charge >= 0.3 is 0 Å². The summed E-state index contributed by atoms with van der Waals surface area (Å²) in [4.78, 5) is 13.0. The largest absolute Gasteiger partial charge is 0.395 e. The lowest BCUT2D eigenvalue weighted by Gasteiger charge is -2.20. The molecule has 0 unspecified atom stereocenters. The van der Waals surface area contributed by atoms with Crippen LogP contribution in [0.3, 0.4) is 0 Å². The van der Waals surface area contributed by atoms with Crippen LogP contribution in [0.4, 0.5) is 14.5 Å². The molecule has 0 aliphatic heterocycles. The summed E-state index contributed by atoms with van der Waals surface area (Å²) in [6.07, 6.45) is -2.55. The lowest BCUT2D eigenvalue weighted by atomic mass is 10.2. The number of carbonyl (C=O) groups is 1. The molecular formula is C13H19F2N3O2. The van der Waals surface area contributed by atoms with Crippen molar-refractivity contribution in [1.29, 1.82) is 0 Å². The number of hydrogen-bond donors (Lipinski definition) is 3. The molecule has 0 atom stereocenters. The molecule has 0 saturated carbocycles. The number of nitrogens with two attached hydrogens (primary N) is 1. The van der Waals surface area contributed by atoms with Crippen LogP contribution in [0.25, 0.3) is 0 Å². The van der Waals surface area contributed by atoms with Crippen LogP contribution in [0.2, 0.25) is 0 Å². The van der Waals surface area contributed by atoms with Gasteiger partial charge in [0.2, 0.25) is 5.91 Å². The summed E-state index contributed by atoms with van der Waals surface area (Å²) in [6, 6.07) is 7.02. The summed E-state index contributed by atoms with van der Waals surface area (Å²) >= 11 is 0. The third-order valence-corrected chi connectivity index (χ3v) is 2.69. The molecular weight excluding hydrogens is 268 g/mol. The number of aliphatic hydroxyl groups is 1. The van der Waals surface area contributed by atoms with Crippen molar-refractivity contribution < 1.29 is 18.7 Å². The molecule has 0 spiro atoms. The smallest absolute Gasteiger partial charge is 0.251 e. The highest BCUT2D eigenvalue weighted by Crippen LogP contribution is 2.14. The Morgan fingerprint density at radius 2 is 2.10 bits per heavy atom. The Hall–Kier alpha value is -1.57. The van der Waals surface area contributed by atoms with Crippen LogP contribution in [-0.2, 0) is 11.3 Å². The number of amides is 1.